The Labute approximate surface area is 148 Å². The van der Waals surface area contributed by atoms with E-state index in [1.165, 1.54) is 0 Å². The zero-order valence-electron chi connectivity index (χ0n) is 15.2. The van der Waals surface area contributed by atoms with Crippen LogP contribution in [0, 0.1) is 5.92 Å². The third-order valence-corrected chi connectivity index (χ3v) is 4.70. The van der Waals surface area contributed by atoms with Gasteiger partial charge in [0, 0.05) is 32.4 Å². The number of piperidine rings is 1. The molecular formula is C18H26N6O. The molecule has 0 saturated carbocycles. The Bertz CT molecular complexity index is 699. The molecule has 1 atom stereocenters. The fourth-order valence-electron chi connectivity index (χ4n) is 3.34. The van der Waals surface area contributed by atoms with Crippen molar-refractivity contribution in [2.75, 3.05) is 25.0 Å². The summed E-state index contributed by atoms with van der Waals surface area (Å²) < 4.78 is 2.00. The second-order valence-electron chi connectivity index (χ2n) is 6.92. The number of carbonyl (C=O) groups excluding carboxylic acids is 1. The molecule has 7 heteroatoms. The van der Waals surface area contributed by atoms with E-state index in [1.807, 2.05) is 29.8 Å². The summed E-state index contributed by atoms with van der Waals surface area (Å²) in [6.07, 6.45) is 5.44. The molecule has 2 aromatic heterocycles. The SMILES string of the molecule is CC(C)n1cnnc1CN(C)C(=O)C1CCCN(c2ccccn2)C1. The van der Waals surface area contributed by atoms with E-state index in [2.05, 4.69) is 33.9 Å². The second kappa shape index (κ2) is 7.63. The average molecular weight is 342 g/mol. The topological polar surface area (TPSA) is 67.2 Å². The standard InChI is InChI=1S/C18H26N6O/c1-14(2)24-13-20-21-17(24)12-22(3)18(25)15-7-6-10-23(11-15)16-8-4-5-9-19-16/h4-5,8-9,13-15H,6-7,10-12H2,1-3H3. The van der Waals surface area contributed by atoms with Gasteiger partial charge in [-0.1, -0.05) is 6.07 Å². The molecule has 1 fully saturated rings. The van der Waals surface area contributed by atoms with E-state index in [4.69, 9.17) is 0 Å². The van der Waals surface area contributed by atoms with Gasteiger partial charge in [0.15, 0.2) is 5.82 Å². The van der Waals surface area contributed by atoms with Crippen molar-refractivity contribution in [2.24, 2.45) is 5.92 Å². The summed E-state index contributed by atoms with van der Waals surface area (Å²) in [5.74, 6) is 1.93. The van der Waals surface area contributed by atoms with E-state index in [-0.39, 0.29) is 17.9 Å². The van der Waals surface area contributed by atoms with Crippen LogP contribution >= 0.6 is 0 Å². The van der Waals surface area contributed by atoms with Gasteiger partial charge >= 0.3 is 0 Å². The highest BCUT2D eigenvalue weighted by molar-refractivity contribution is 5.79. The Hall–Kier alpha value is -2.44. The number of aromatic nitrogens is 4. The van der Waals surface area contributed by atoms with Crippen LogP contribution in [0.15, 0.2) is 30.7 Å². The van der Waals surface area contributed by atoms with E-state index >= 15 is 0 Å². The van der Waals surface area contributed by atoms with Crippen molar-refractivity contribution in [2.45, 2.75) is 39.3 Å². The third-order valence-electron chi connectivity index (χ3n) is 4.70. The molecule has 3 rings (SSSR count). The lowest BCUT2D eigenvalue weighted by atomic mass is 9.96. The van der Waals surface area contributed by atoms with Gasteiger partial charge in [-0.25, -0.2) is 4.98 Å². The predicted octanol–water partition coefficient (Wildman–Crippen LogP) is 2.13. The molecule has 1 saturated heterocycles. The van der Waals surface area contributed by atoms with Crippen molar-refractivity contribution in [3.05, 3.63) is 36.5 Å². The Morgan fingerprint density at radius 3 is 2.96 bits per heavy atom. The van der Waals surface area contributed by atoms with E-state index in [1.54, 1.807) is 17.4 Å². The van der Waals surface area contributed by atoms with Crippen LogP contribution in [0.3, 0.4) is 0 Å². The quantitative estimate of drug-likeness (QED) is 0.833. The first-order valence-electron chi connectivity index (χ1n) is 8.85. The Morgan fingerprint density at radius 1 is 1.40 bits per heavy atom. The molecule has 134 valence electrons. The largest absolute Gasteiger partial charge is 0.356 e. The molecule has 25 heavy (non-hydrogen) atoms. The molecule has 7 nitrogen and oxygen atoms in total. The van der Waals surface area contributed by atoms with Crippen molar-refractivity contribution in [3.63, 3.8) is 0 Å². The molecule has 1 amide bonds. The number of pyridine rings is 1. The minimum Gasteiger partial charge on any atom is -0.356 e. The van der Waals surface area contributed by atoms with E-state index < -0.39 is 0 Å². The lowest BCUT2D eigenvalue weighted by Gasteiger charge is -2.34. The van der Waals surface area contributed by atoms with Gasteiger partial charge in [0.1, 0.15) is 12.1 Å². The van der Waals surface area contributed by atoms with E-state index in [0.717, 1.165) is 37.6 Å². The van der Waals surface area contributed by atoms with Crippen molar-refractivity contribution >= 4 is 11.7 Å². The van der Waals surface area contributed by atoms with Crippen LogP contribution in [0.2, 0.25) is 0 Å². The predicted molar refractivity (Wildman–Crippen MR) is 96.1 cm³/mol. The molecule has 1 aliphatic heterocycles. The second-order valence-corrected chi connectivity index (χ2v) is 6.92. The number of amides is 1. The van der Waals surface area contributed by atoms with Crippen LogP contribution in [0.1, 0.15) is 38.6 Å². The molecule has 0 N–H and O–H groups in total. The van der Waals surface area contributed by atoms with Crippen molar-refractivity contribution in [1.82, 2.24) is 24.6 Å². The molecule has 0 aliphatic carbocycles. The minimum absolute atomic E-state index is 0.00354. The van der Waals surface area contributed by atoms with E-state index in [0.29, 0.717) is 6.54 Å². The number of hydrogen-bond acceptors (Lipinski definition) is 5. The Morgan fingerprint density at radius 2 is 2.24 bits per heavy atom. The van der Waals surface area contributed by atoms with Gasteiger partial charge in [0.25, 0.3) is 0 Å². The lowest BCUT2D eigenvalue weighted by Crippen LogP contribution is -2.44. The maximum atomic E-state index is 12.9. The molecule has 0 bridgehead atoms. The van der Waals surface area contributed by atoms with Gasteiger partial charge in [-0.05, 0) is 38.8 Å². The molecule has 3 heterocycles. The number of rotatable bonds is 5. The minimum atomic E-state index is -0.00354. The maximum absolute atomic E-state index is 12.9. The zero-order valence-corrected chi connectivity index (χ0v) is 15.2. The first kappa shape index (κ1) is 17.4. The molecular weight excluding hydrogens is 316 g/mol. The highest BCUT2D eigenvalue weighted by Gasteiger charge is 2.29. The van der Waals surface area contributed by atoms with Crippen LogP contribution in [-0.2, 0) is 11.3 Å². The third kappa shape index (κ3) is 3.97. The van der Waals surface area contributed by atoms with Crippen molar-refractivity contribution in [1.29, 1.82) is 0 Å². The van der Waals surface area contributed by atoms with Gasteiger partial charge in [-0.3, -0.25) is 4.79 Å². The summed E-state index contributed by atoms with van der Waals surface area (Å²) in [6, 6.07) is 6.18. The summed E-state index contributed by atoms with van der Waals surface area (Å²) in [4.78, 5) is 21.3. The zero-order chi connectivity index (χ0) is 17.8. The van der Waals surface area contributed by atoms with Gasteiger partial charge in [-0.2, -0.15) is 0 Å². The Balaban J connectivity index is 1.64. The summed E-state index contributed by atoms with van der Waals surface area (Å²) in [5.41, 5.74) is 0. The summed E-state index contributed by atoms with van der Waals surface area (Å²) in [7, 11) is 1.85. The number of hydrogen-bond donors (Lipinski definition) is 0. The summed E-state index contributed by atoms with van der Waals surface area (Å²) >= 11 is 0. The molecule has 1 unspecified atom stereocenters. The van der Waals surface area contributed by atoms with Gasteiger partial charge < -0.3 is 14.4 Å². The van der Waals surface area contributed by atoms with Crippen LogP contribution in [-0.4, -0.2) is 50.7 Å². The summed E-state index contributed by atoms with van der Waals surface area (Å²) in [6.45, 7) is 6.32. The van der Waals surface area contributed by atoms with Gasteiger partial charge in [0.05, 0.1) is 12.5 Å². The van der Waals surface area contributed by atoms with Crippen molar-refractivity contribution < 1.29 is 4.79 Å². The molecule has 2 aromatic rings. The van der Waals surface area contributed by atoms with Gasteiger partial charge in [-0.15, -0.1) is 10.2 Å². The van der Waals surface area contributed by atoms with Crippen molar-refractivity contribution in [3.8, 4) is 0 Å². The number of carbonyl (C=O) groups is 1. The highest BCUT2D eigenvalue weighted by Crippen LogP contribution is 2.23. The molecule has 0 radical (unpaired) electrons. The number of anilines is 1. The van der Waals surface area contributed by atoms with Crippen LogP contribution in [0.5, 0.6) is 0 Å². The lowest BCUT2D eigenvalue weighted by molar-refractivity contribution is -0.135. The van der Waals surface area contributed by atoms with Crippen LogP contribution in [0.25, 0.3) is 0 Å². The normalized spacial score (nSPS) is 17.8. The fraction of sp³-hybridized carbons (Fsp3) is 0.556. The first-order valence-corrected chi connectivity index (χ1v) is 8.85. The van der Waals surface area contributed by atoms with Crippen LogP contribution in [0.4, 0.5) is 5.82 Å². The fourth-order valence-corrected chi connectivity index (χ4v) is 3.34. The maximum Gasteiger partial charge on any atom is 0.227 e. The highest BCUT2D eigenvalue weighted by atomic mass is 16.2. The molecule has 0 spiro atoms. The first-order chi connectivity index (χ1) is 12.1. The van der Waals surface area contributed by atoms with E-state index in [9.17, 15) is 4.79 Å². The number of nitrogens with zero attached hydrogens (tertiary/aromatic N) is 6. The smallest absolute Gasteiger partial charge is 0.227 e. The molecule has 1 aliphatic rings. The van der Waals surface area contributed by atoms with Gasteiger partial charge in [0.2, 0.25) is 5.91 Å². The summed E-state index contributed by atoms with van der Waals surface area (Å²) in [5, 5.41) is 8.14. The molecule has 0 aromatic carbocycles. The Kier molecular flexibility index (Phi) is 5.31. The monoisotopic (exact) mass is 342 g/mol. The average Bonchev–Trinajstić information content (AvgIpc) is 3.10. The van der Waals surface area contributed by atoms with Crippen LogP contribution < -0.4 is 4.90 Å².